The number of fused-ring (bicyclic) bond motifs is 2. The van der Waals surface area contributed by atoms with Crippen LogP contribution in [-0.2, 0) is 28.7 Å². The molecule has 2 saturated carbocycles. The largest absolute Gasteiger partial charge is 0.378 e. The highest BCUT2D eigenvalue weighted by atomic mass is 32.2. The third kappa shape index (κ3) is 4.59. The molecule has 0 spiro atoms. The lowest BCUT2D eigenvalue weighted by Gasteiger charge is -2.36. The number of ether oxygens (including phenoxy) is 2. The number of nitrogens with zero attached hydrogens (tertiary/aromatic N) is 1. The Morgan fingerprint density at radius 2 is 1.90 bits per heavy atom. The molecular weight excluding hydrogens is 554 g/mol. The molecule has 6 rings (SSSR count). The van der Waals surface area contributed by atoms with Crippen LogP contribution in [0.1, 0.15) is 66.7 Å². The highest BCUT2D eigenvalue weighted by molar-refractivity contribution is 7.99. The summed E-state index contributed by atoms with van der Waals surface area (Å²) >= 11 is 1.50. The summed E-state index contributed by atoms with van der Waals surface area (Å²) < 4.78 is 43.2. The Morgan fingerprint density at radius 3 is 2.60 bits per heavy atom. The molecule has 3 fully saturated rings. The normalized spacial score (nSPS) is 27.4. The molecule has 214 valence electrons. The minimum absolute atomic E-state index is 0.0891. The summed E-state index contributed by atoms with van der Waals surface area (Å²) in [5.74, 6) is -1.56. The molecule has 2 bridgehead atoms. The van der Waals surface area contributed by atoms with Gasteiger partial charge in [-0.3, -0.25) is 14.4 Å². The number of benzene rings is 2. The number of hydroxylamine groups is 2. The van der Waals surface area contributed by atoms with Crippen LogP contribution in [0.4, 0.5) is 0 Å². The molecule has 11 heteroatoms. The molecule has 2 amide bonds. The number of ketones is 1. The molecule has 40 heavy (non-hydrogen) atoms. The number of rotatable bonds is 10. The van der Waals surface area contributed by atoms with Gasteiger partial charge in [0.25, 0.3) is 21.9 Å². The van der Waals surface area contributed by atoms with Crippen LogP contribution in [0.5, 0.6) is 0 Å². The van der Waals surface area contributed by atoms with Gasteiger partial charge in [-0.05, 0) is 60.6 Å². The molecule has 2 aliphatic carbocycles. The fourth-order valence-corrected chi connectivity index (χ4v) is 9.51. The minimum atomic E-state index is -4.46. The fourth-order valence-electron chi connectivity index (χ4n) is 6.97. The van der Waals surface area contributed by atoms with Crippen molar-refractivity contribution in [3.05, 3.63) is 41.5 Å². The maximum Gasteiger partial charge on any atom is 0.289 e. The maximum atomic E-state index is 13.6. The zero-order valence-electron chi connectivity index (χ0n) is 22.6. The SMILES string of the molecule is CC1(C)C2CCC1(CS(=O)(=O)ON1C(=O)c3cccc4cc(SCCOCC5CCCO5)cc(c34)C1=O)C(=O)C2. The van der Waals surface area contributed by atoms with Crippen molar-refractivity contribution in [3.8, 4) is 0 Å². The summed E-state index contributed by atoms with van der Waals surface area (Å²) in [7, 11) is -4.46. The third-order valence-electron chi connectivity index (χ3n) is 9.35. The van der Waals surface area contributed by atoms with Gasteiger partial charge in [-0.15, -0.1) is 21.1 Å². The van der Waals surface area contributed by atoms with Crippen molar-refractivity contribution in [1.29, 1.82) is 0 Å². The van der Waals surface area contributed by atoms with Gasteiger partial charge in [-0.25, -0.2) is 0 Å². The first-order chi connectivity index (χ1) is 19.0. The van der Waals surface area contributed by atoms with Crippen molar-refractivity contribution in [1.82, 2.24) is 5.06 Å². The molecule has 4 aliphatic rings. The first kappa shape index (κ1) is 27.8. The van der Waals surface area contributed by atoms with Crippen LogP contribution in [0.3, 0.4) is 0 Å². The topological polar surface area (TPSA) is 116 Å². The molecule has 2 heterocycles. The standard InChI is InChI=1S/C29H33NO8S2/c1-28(2)19-8-9-29(28,24(31)14-19)17-40(34,35)38-30-26(32)22-7-3-5-18-13-21(15-23(25(18)22)27(30)33)39-12-11-36-16-20-6-4-10-37-20/h3,5,7,13,15,19-20H,4,6,8-12,14,16-17H2,1-2H3. The Kier molecular flexibility index (Phi) is 7.10. The van der Waals surface area contributed by atoms with E-state index in [9.17, 15) is 22.8 Å². The van der Waals surface area contributed by atoms with Crippen molar-refractivity contribution in [2.45, 2.75) is 57.0 Å². The lowest BCUT2D eigenvalue weighted by Crippen LogP contribution is -2.46. The molecule has 3 atom stereocenters. The quantitative estimate of drug-likeness (QED) is 0.227. The predicted octanol–water partition coefficient (Wildman–Crippen LogP) is 4.38. The highest BCUT2D eigenvalue weighted by Crippen LogP contribution is 2.64. The molecule has 2 aromatic carbocycles. The van der Waals surface area contributed by atoms with E-state index in [0.717, 1.165) is 30.8 Å². The highest BCUT2D eigenvalue weighted by Gasteiger charge is 2.65. The molecule has 0 aromatic heterocycles. The van der Waals surface area contributed by atoms with E-state index in [2.05, 4.69) is 0 Å². The summed E-state index contributed by atoms with van der Waals surface area (Å²) in [5, 5.41) is 1.52. The van der Waals surface area contributed by atoms with E-state index in [4.69, 9.17) is 13.8 Å². The Bertz CT molecular complexity index is 1500. The molecule has 9 nitrogen and oxygen atoms in total. The average molecular weight is 588 g/mol. The summed E-state index contributed by atoms with van der Waals surface area (Å²) in [6.07, 6.45) is 3.78. The van der Waals surface area contributed by atoms with Crippen molar-refractivity contribution in [2.75, 3.05) is 31.3 Å². The van der Waals surface area contributed by atoms with E-state index in [1.165, 1.54) is 11.8 Å². The van der Waals surface area contributed by atoms with Crippen LogP contribution in [0.25, 0.3) is 10.8 Å². The van der Waals surface area contributed by atoms with Crippen molar-refractivity contribution in [3.63, 3.8) is 0 Å². The van der Waals surface area contributed by atoms with Gasteiger partial charge >= 0.3 is 0 Å². The second-order valence-electron chi connectivity index (χ2n) is 11.8. The second kappa shape index (κ2) is 10.2. The van der Waals surface area contributed by atoms with E-state index in [1.54, 1.807) is 18.2 Å². The summed E-state index contributed by atoms with van der Waals surface area (Å²) in [5.41, 5.74) is -1.20. The van der Waals surface area contributed by atoms with Gasteiger partial charge in [0.15, 0.2) is 0 Å². The van der Waals surface area contributed by atoms with E-state index in [1.807, 2.05) is 26.0 Å². The zero-order valence-corrected chi connectivity index (χ0v) is 24.3. The smallest absolute Gasteiger partial charge is 0.289 e. The monoisotopic (exact) mass is 587 g/mol. The molecule has 2 aromatic rings. The zero-order chi connectivity index (χ0) is 28.3. The van der Waals surface area contributed by atoms with Gasteiger partial charge in [0.1, 0.15) is 5.78 Å². The van der Waals surface area contributed by atoms with Crippen LogP contribution in [0.15, 0.2) is 35.2 Å². The molecule has 2 aliphatic heterocycles. The predicted molar refractivity (Wildman–Crippen MR) is 148 cm³/mol. The lowest BCUT2D eigenvalue weighted by atomic mass is 9.70. The van der Waals surface area contributed by atoms with Crippen LogP contribution in [0, 0.1) is 16.7 Å². The maximum absolute atomic E-state index is 13.6. The van der Waals surface area contributed by atoms with Crippen molar-refractivity contribution >= 4 is 50.3 Å². The Labute approximate surface area is 238 Å². The third-order valence-corrected chi connectivity index (χ3v) is 11.5. The Balaban J connectivity index is 1.21. The van der Waals surface area contributed by atoms with Gasteiger partial charge in [-0.1, -0.05) is 26.0 Å². The number of hydrogen-bond acceptors (Lipinski definition) is 9. The average Bonchev–Trinajstić information content (AvgIpc) is 3.56. The molecule has 1 saturated heterocycles. The van der Waals surface area contributed by atoms with Crippen LogP contribution < -0.4 is 0 Å². The number of carbonyl (C=O) groups is 3. The van der Waals surface area contributed by atoms with Gasteiger partial charge in [0.05, 0.1) is 41.6 Å². The van der Waals surface area contributed by atoms with Gasteiger partial charge in [-0.2, -0.15) is 8.42 Å². The number of carbonyl (C=O) groups excluding carboxylic acids is 3. The fraction of sp³-hybridized carbons (Fsp3) is 0.552. The Morgan fingerprint density at radius 1 is 1.10 bits per heavy atom. The van der Waals surface area contributed by atoms with Gasteiger partial charge in [0, 0.05) is 29.1 Å². The molecular formula is C29H33NO8S2. The first-order valence-corrected chi connectivity index (χ1v) is 16.3. The summed E-state index contributed by atoms with van der Waals surface area (Å²) in [4.78, 5) is 40.6. The van der Waals surface area contributed by atoms with Crippen molar-refractivity contribution < 1.29 is 36.6 Å². The number of hydrogen-bond donors (Lipinski definition) is 0. The van der Waals surface area contributed by atoms with E-state index in [0.29, 0.717) is 47.6 Å². The van der Waals surface area contributed by atoms with E-state index < -0.39 is 38.5 Å². The summed E-state index contributed by atoms with van der Waals surface area (Å²) in [6.45, 7) is 5.69. The van der Waals surface area contributed by atoms with Gasteiger partial charge < -0.3 is 9.47 Å². The number of imide groups is 1. The number of amides is 2. The molecule has 3 unspecified atom stereocenters. The number of thioether (sulfide) groups is 1. The molecule has 0 N–H and O–H groups in total. The van der Waals surface area contributed by atoms with Gasteiger partial charge in [0.2, 0.25) is 0 Å². The minimum Gasteiger partial charge on any atom is -0.378 e. The van der Waals surface area contributed by atoms with Crippen molar-refractivity contribution in [2.24, 2.45) is 16.7 Å². The number of Topliss-reactive ketones (excluding diaryl/α,β-unsaturated/α-hetero) is 1. The Hall–Kier alpha value is -2.31. The van der Waals surface area contributed by atoms with E-state index >= 15 is 0 Å². The second-order valence-corrected chi connectivity index (χ2v) is 14.5. The van der Waals surface area contributed by atoms with Crippen LogP contribution in [-0.4, -0.2) is 68.5 Å². The molecule has 0 radical (unpaired) electrons. The lowest BCUT2D eigenvalue weighted by molar-refractivity contribution is -0.128. The summed E-state index contributed by atoms with van der Waals surface area (Å²) in [6, 6.07) is 8.64. The van der Waals surface area contributed by atoms with E-state index in [-0.39, 0.29) is 28.9 Å². The van der Waals surface area contributed by atoms with Crippen LogP contribution in [0.2, 0.25) is 0 Å². The first-order valence-electron chi connectivity index (χ1n) is 13.8. The van der Waals surface area contributed by atoms with Crippen LogP contribution >= 0.6 is 11.8 Å².